The van der Waals surface area contributed by atoms with Crippen molar-refractivity contribution in [3.8, 4) is 16.9 Å². The summed E-state index contributed by atoms with van der Waals surface area (Å²) in [6.07, 6.45) is 7.02. The highest BCUT2D eigenvalue weighted by molar-refractivity contribution is 5.78. The van der Waals surface area contributed by atoms with Gasteiger partial charge in [0.1, 0.15) is 11.6 Å². The van der Waals surface area contributed by atoms with Crippen LogP contribution in [0.25, 0.3) is 11.1 Å². The second kappa shape index (κ2) is 11.6. The van der Waals surface area contributed by atoms with E-state index < -0.39 is 0 Å². The second-order valence-corrected chi connectivity index (χ2v) is 9.45. The van der Waals surface area contributed by atoms with E-state index in [4.69, 9.17) is 4.74 Å². The van der Waals surface area contributed by atoms with Crippen LogP contribution in [0.2, 0.25) is 0 Å². The lowest BCUT2D eigenvalue weighted by atomic mass is 10.0. The molecule has 0 radical (unpaired) electrons. The number of benzene rings is 2. The number of hydrogen-bond donors (Lipinski definition) is 1. The Morgan fingerprint density at radius 2 is 1.64 bits per heavy atom. The van der Waals surface area contributed by atoms with Gasteiger partial charge in [-0.2, -0.15) is 0 Å². The molecular formula is C27H36FN3O2. The van der Waals surface area contributed by atoms with Gasteiger partial charge in [-0.25, -0.2) is 4.39 Å². The van der Waals surface area contributed by atoms with E-state index in [1.54, 1.807) is 12.1 Å². The van der Waals surface area contributed by atoms with E-state index >= 15 is 0 Å². The van der Waals surface area contributed by atoms with Crippen molar-refractivity contribution in [2.75, 3.05) is 39.8 Å². The zero-order valence-electron chi connectivity index (χ0n) is 19.7. The highest BCUT2D eigenvalue weighted by Gasteiger charge is 2.18. The highest BCUT2D eigenvalue weighted by atomic mass is 19.1. The first-order valence-corrected chi connectivity index (χ1v) is 12.3. The van der Waals surface area contributed by atoms with Crippen LogP contribution in [0.1, 0.15) is 44.1 Å². The quantitative estimate of drug-likeness (QED) is 0.629. The van der Waals surface area contributed by atoms with Crippen molar-refractivity contribution in [3.05, 3.63) is 53.8 Å². The predicted octanol–water partition coefficient (Wildman–Crippen LogP) is 4.46. The number of nitrogens with one attached hydrogen (secondary N) is 1. The van der Waals surface area contributed by atoms with E-state index in [2.05, 4.69) is 28.2 Å². The number of rotatable bonds is 7. The van der Waals surface area contributed by atoms with Gasteiger partial charge in [0.05, 0.1) is 0 Å². The predicted molar refractivity (Wildman–Crippen MR) is 130 cm³/mol. The maximum atomic E-state index is 13.4. The lowest BCUT2D eigenvalue weighted by Gasteiger charge is -2.32. The summed E-state index contributed by atoms with van der Waals surface area (Å²) in [4.78, 5) is 17.3. The summed E-state index contributed by atoms with van der Waals surface area (Å²) in [5.41, 5.74) is 3.05. The Kier molecular flexibility index (Phi) is 8.35. The third-order valence-corrected chi connectivity index (χ3v) is 6.81. The molecule has 0 aromatic heterocycles. The van der Waals surface area contributed by atoms with Gasteiger partial charge in [-0.15, -0.1) is 0 Å². The molecule has 178 valence electrons. The fourth-order valence-corrected chi connectivity index (χ4v) is 4.75. The number of amides is 1. The molecule has 1 amide bonds. The molecule has 33 heavy (non-hydrogen) atoms. The Morgan fingerprint density at radius 3 is 2.33 bits per heavy atom. The van der Waals surface area contributed by atoms with Gasteiger partial charge >= 0.3 is 0 Å². The zero-order valence-corrected chi connectivity index (χ0v) is 19.7. The van der Waals surface area contributed by atoms with E-state index in [9.17, 15) is 9.18 Å². The molecule has 6 heteroatoms. The van der Waals surface area contributed by atoms with Crippen molar-refractivity contribution in [2.24, 2.45) is 0 Å². The molecule has 0 atom stereocenters. The molecular weight excluding hydrogens is 417 g/mol. The summed E-state index contributed by atoms with van der Waals surface area (Å²) < 4.78 is 19.4. The summed E-state index contributed by atoms with van der Waals surface area (Å²) in [6.45, 7) is 4.87. The van der Waals surface area contributed by atoms with Crippen molar-refractivity contribution in [3.63, 3.8) is 0 Å². The number of halogens is 1. The molecule has 1 heterocycles. The van der Waals surface area contributed by atoms with E-state index in [1.807, 2.05) is 12.1 Å². The number of piperazine rings is 1. The van der Waals surface area contributed by atoms with Crippen molar-refractivity contribution >= 4 is 5.91 Å². The molecule has 1 saturated carbocycles. The van der Waals surface area contributed by atoms with Gasteiger partial charge in [0, 0.05) is 44.3 Å². The standard InChI is InChI=1S/C27H36FN3O2/c1-30-14-16-31(17-15-30)19-23-18-22(21-8-11-24(28)12-9-21)10-13-26(23)33-20-27(32)29-25-6-4-2-3-5-7-25/h8-13,18,25H,2-7,14-17,19-20H2,1H3,(H,29,32). The van der Waals surface area contributed by atoms with Crippen LogP contribution in [0.5, 0.6) is 5.75 Å². The van der Waals surface area contributed by atoms with Gasteiger partial charge in [-0.1, -0.05) is 43.9 Å². The van der Waals surface area contributed by atoms with Crippen LogP contribution in [0.3, 0.4) is 0 Å². The normalized spacial score (nSPS) is 18.6. The lowest BCUT2D eigenvalue weighted by molar-refractivity contribution is -0.123. The van der Waals surface area contributed by atoms with Gasteiger partial charge in [-0.05, 0) is 55.3 Å². The fourth-order valence-electron chi connectivity index (χ4n) is 4.75. The Bertz CT molecular complexity index is 902. The summed E-state index contributed by atoms with van der Waals surface area (Å²) >= 11 is 0. The van der Waals surface area contributed by atoms with Crippen molar-refractivity contribution < 1.29 is 13.9 Å². The minimum absolute atomic E-state index is 0.0299. The number of nitrogens with zero attached hydrogens (tertiary/aromatic N) is 2. The van der Waals surface area contributed by atoms with Gasteiger partial charge in [0.25, 0.3) is 5.91 Å². The Hall–Kier alpha value is -2.44. The average molecular weight is 454 g/mol. The molecule has 2 aromatic rings. The van der Waals surface area contributed by atoms with Crippen LogP contribution in [-0.2, 0) is 11.3 Å². The van der Waals surface area contributed by atoms with Crippen LogP contribution in [0.15, 0.2) is 42.5 Å². The minimum atomic E-state index is -0.240. The molecule has 2 aliphatic rings. The molecule has 1 saturated heterocycles. The molecule has 0 spiro atoms. The fraction of sp³-hybridized carbons (Fsp3) is 0.519. The van der Waals surface area contributed by atoms with Crippen molar-refractivity contribution in [1.82, 2.24) is 15.1 Å². The largest absolute Gasteiger partial charge is 0.483 e. The molecule has 1 aliphatic carbocycles. The maximum Gasteiger partial charge on any atom is 0.258 e. The second-order valence-electron chi connectivity index (χ2n) is 9.45. The third kappa shape index (κ3) is 7.02. The maximum absolute atomic E-state index is 13.4. The Balaban J connectivity index is 1.45. The monoisotopic (exact) mass is 453 g/mol. The van der Waals surface area contributed by atoms with Gasteiger partial charge in [-0.3, -0.25) is 9.69 Å². The van der Waals surface area contributed by atoms with Gasteiger partial charge in [0.15, 0.2) is 6.61 Å². The Labute approximate surface area is 196 Å². The Morgan fingerprint density at radius 1 is 0.970 bits per heavy atom. The summed E-state index contributed by atoms with van der Waals surface area (Å²) in [5.74, 6) is 0.460. The van der Waals surface area contributed by atoms with E-state index in [0.717, 1.165) is 68.0 Å². The van der Waals surface area contributed by atoms with Crippen LogP contribution in [0.4, 0.5) is 4.39 Å². The molecule has 0 unspecified atom stereocenters. The molecule has 1 N–H and O–H groups in total. The van der Waals surface area contributed by atoms with E-state index in [-0.39, 0.29) is 24.4 Å². The van der Waals surface area contributed by atoms with E-state index in [0.29, 0.717) is 0 Å². The number of ether oxygens (including phenoxy) is 1. The minimum Gasteiger partial charge on any atom is -0.483 e. The third-order valence-electron chi connectivity index (χ3n) is 6.81. The molecule has 2 aromatic carbocycles. The smallest absolute Gasteiger partial charge is 0.258 e. The number of likely N-dealkylation sites (N-methyl/N-ethyl adjacent to an activating group) is 1. The van der Waals surface area contributed by atoms with Gasteiger partial charge < -0.3 is 15.0 Å². The molecule has 4 rings (SSSR count). The first kappa shape index (κ1) is 23.7. The number of hydrogen-bond acceptors (Lipinski definition) is 4. The van der Waals surface area contributed by atoms with Crippen LogP contribution in [-0.4, -0.2) is 61.6 Å². The number of carbonyl (C=O) groups is 1. The average Bonchev–Trinajstić information content (AvgIpc) is 3.09. The highest BCUT2D eigenvalue weighted by Crippen LogP contribution is 2.28. The lowest BCUT2D eigenvalue weighted by Crippen LogP contribution is -2.44. The first-order chi connectivity index (χ1) is 16.1. The summed E-state index contributed by atoms with van der Waals surface area (Å²) in [7, 11) is 2.15. The van der Waals surface area contributed by atoms with Crippen LogP contribution < -0.4 is 10.1 Å². The van der Waals surface area contributed by atoms with Crippen molar-refractivity contribution in [2.45, 2.75) is 51.1 Å². The summed E-state index contributed by atoms with van der Waals surface area (Å²) in [6, 6.07) is 12.9. The van der Waals surface area contributed by atoms with Crippen molar-refractivity contribution in [1.29, 1.82) is 0 Å². The van der Waals surface area contributed by atoms with Crippen LogP contribution >= 0.6 is 0 Å². The zero-order chi connectivity index (χ0) is 23.0. The van der Waals surface area contributed by atoms with E-state index in [1.165, 1.54) is 37.8 Å². The number of carbonyl (C=O) groups excluding carboxylic acids is 1. The molecule has 5 nitrogen and oxygen atoms in total. The first-order valence-electron chi connectivity index (χ1n) is 12.3. The summed E-state index contributed by atoms with van der Waals surface area (Å²) in [5, 5.41) is 3.16. The SMILES string of the molecule is CN1CCN(Cc2cc(-c3ccc(F)cc3)ccc2OCC(=O)NC2CCCCCC2)CC1. The molecule has 2 fully saturated rings. The molecule has 1 aliphatic heterocycles. The topological polar surface area (TPSA) is 44.8 Å². The van der Waals surface area contributed by atoms with Gasteiger partial charge in [0.2, 0.25) is 0 Å². The molecule has 0 bridgehead atoms. The van der Waals surface area contributed by atoms with Crippen LogP contribution in [0, 0.1) is 5.82 Å².